The number of hydrogen-bond donors (Lipinski definition) is 1. The second-order valence-electron chi connectivity index (χ2n) is 8.86. The van der Waals surface area contributed by atoms with Crippen LogP contribution in [0, 0.1) is 29.1 Å². The minimum Gasteiger partial charge on any atom is -0.493 e. The standard InChI is InChI=1S/C17H11F5O5.C11H12O5.2CH4/c1-24-9-3-2-7(4-10(9)26-6-8-5-25-8)17(23)27-16-14(21)12(19)11(18)13(20)15(16)22;1-14-9-3-2-7(11(12)13)4-10(9)16-6-8-5-15-8;;/h2-4,8H,5-6H2,1H3;2-4,8H,5-6H2,1H3,(H,12,13);2*1H4. The van der Waals surface area contributed by atoms with Gasteiger partial charge >= 0.3 is 11.9 Å². The molecular weight excluding hydrogens is 615 g/mol. The van der Waals surface area contributed by atoms with Crippen LogP contribution in [0.5, 0.6) is 28.7 Å². The molecule has 2 saturated heterocycles. The fourth-order valence-electron chi connectivity index (χ4n) is 3.36. The number of carbonyl (C=O) groups is 2. The Labute approximate surface area is 255 Å². The van der Waals surface area contributed by atoms with E-state index in [-0.39, 0.29) is 56.3 Å². The van der Waals surface area contributed by atoms with Gasteiger partial charge in [-0.25, -0.2) is 22.8 Å². The second kappa shape index (κ2) is 15.9. The molecule has 1 N–H and O–H groups in total. The van der Waals surface area contributed by atoms with E-state index in [1.165, 1.54) is 38.5 Å². The molecule has 2 unspecified atom stereocenters. The molecule has 2 aliphatic rings. The SMILES string of the molecule is C.C.COc1ccc(C(=O)O)cc1OCC1CO1.COc1ccc(C(=O)Oc2c(F)c(F)c(F)c(F)c2F)cc1OCC1CO1. The summed E-state index contributed by atoms with van der Waals surface area (Å²) in [5.74, 6) is -14.0. The second-order valence-corrected chi connectivity index (χ2v) is 8.86. The Morgan fingerprint density at radius 3 is 1.51 bits per heavy atom. The summed E-state index contributed by atoms with van der Waals surface area (Å²) < 4.78 is 102. The molecule has 45 heavy (non-hydrogen) atoms. The number of hydrogen-bond acceptors (Lipinski definition) is 9. The van der Waals surface area contributed by atoms with Gasteiger partial charge < -0.3 is 38.3 Å². The highest BCUT2D eigenvalue weighted by atomic mass is 19.2. The fourth-order valence-corrected chi connectivity index (χ4v) is 3.36. The maximum atomic E-state index is 13.6. The zero-order valence-electron chi connectivity index (χ0n) is 22.5. The molecule has 15 heteroatoms. The van der Waals surface area contributed by atoms with Crippen LogP contribution in [-0.4, -0.2) is 69.9 Å². The van der Waals surface area contributed by atoms with Crippen LogP contribution < -0.4 is 23.7 Å². The predicted molar refractivity (Wildman–Crippen MR) is 148 cm³/mol. The van der Waals surface area contributed by atoms with Crippen molar-refractivity contribution in [3.63, 3.8) is 0 Å². The van der Waals surface area contributed by atoms with E-state index in [0.29, 0.717) is 31.3 Å². The summed E-state index contributed by atoms with van der Waals surface area (Å²) in [5, 5.41) is 8.84. The molecule has 0 amide bonds. The number of methoxy groups -OCH3 is 2. The van der Waals surface area contributed by atoms with Crippen molar-refractivity contribution in [2.75, 3.05) is 40.6 Å². The fraction of sp³-hybridized carbons (Fsp3) is 0.333. The first-order chi connectivity index (χ1) is 20.5. The summed E-state index contributed by atoms with van der Waals surface area (Å²) in [6, 6.07) is 8.14. The third-order valence-corrected chi connectivity index (χ3v) is 5.83. The highest BCUT2D eigenvalue weighted by Crippen LogP contribution is 2.32. The van der Waals surface area contributed by atoms with E-state index in [9.17, 15) is 31.5 Å². The molecule has 246 valence electrons. The molecule has 10 nitrogen and oxygen atoms in total. The molecule has 0 radical (unpaired) electrons. The molecule has 2 fully saturated rings. The number of rotatable bonds is 11. The van der Waals surface area contributed by atoms with Gasteiger partial charge in [-0.1, -0.05) is 14.9 Å². The quantitative estimate of drug-likeness (QED) is 0.0679. The molecule has 0 spiro atoms. The molecule has 0 saturated carbocycles. The first-order valence-corrected chi connectivity index (χ1v) is 12.4. The Bertz CT molecular complexity index is 1480. The Hall–Kier alpha value is -4.63. The summed E-state index contributed by atoms with van der Waals surface area (Å²) in [5.41, 5.74) is -0.0843. The number of epoxide rings is 2. The van der Waals surface area contributed by atoms with Crippen molar-refractivity contribution < 1.29 is 69.8 Å². The van der Waals surface area contributed by atoms with Crippen molar-refractivity contribution in [2.45, 2.75) is 27.1 Å². The van der Waals surface area contributed by atoms with E-state index in [2.05, 4.69) is 4.74 Å². The van der Waals surface area contributed by atoms with E-state index in [1.54, 1.807) is 6.07 Å². The van der Waals surface area contributed by atoms with Gasteiger partial charge in [0.15, 0.2) is 23.0 Å². The minimum atomic E-state index is -2.35. The molecule has 3 aromatic rings. The van der Waals surface area contributed by atoms with Crippen LogP contribution in [0.15, 0.2) is 36.4 Å². The molecule has 2 heterocycles. The smallest absolute Gasteiger partial charge is 0.343 e. The van der Waals surface area contributed by atoms with Gasteiger partial charge in [0.05, 0.1) is 38.6 Å². The van der Waals surface area contributed by atoms with Crippen molar-refractivity contribution >= 4 is 11.9 Å². The number of esters is 1. The van der Waals surface area contributed by atoms with Crippen molar-refractivity contribution in [2.24, 2.45) is 0 Å². The predicted octanol–water partition coefficient (Wildman–Crippen LogP) is 5.83. The normalized spacial score (nSPS) is 15.6. The van der Waals surface area contributed by atoms with Crippen LogP contribution >= 0.6 is 0 Å². The molecule has 3 aromatic carbocycles. The lowest BCUT2D eigenvalue weighted by atomic mass is 10.2. The molecule has 2 atom stereocenters. The number of benzene rings is 3. The van der Waals surface area contributed by atoms with Crippen molar-refractivity contribution in [3.8, 4) is 28.7 Å². The molecule has 2 aliphatic heterocycles. The Balaban J connectivity index is 0.000000337. The number of aromatic carboxylic acids is 1. The summed E-state index contributed by atoms with van der Waals surface area (Å²) in [4.78, 5) is 22.9. The molecule has 0 aromatic heterocycles. The monoisotopic (exact) mass is 646 g/mol. The van der Waals surface area contributed by atoms with Gasteiger partial charge in [-0.15, -0.1) is 0 Å². The van der Waals surface area contributed by atoms with Gasteiger partial charge in [-0.05, 0) is 36.4 Å². The van der Waals surface area contributed by atoms with Crippen molar-refractivity contribution in [1.82, 2.24) is 0 Å². The topological polar surface area (TPSA) is 126 Å². The van der Waals surface area contributed by atoms with Crippen LogP contribution in [0.4, 0.5) is 22.0 Å². The number of ether oxygens (including phenoxy) is 7. The lowest BCUT2D eigenvalue weighted by Crippen LogP contribution is -2.14. The Kier molecular flexibility index (Phi) is 12.9. The average molecular weight is 647 g/mol. The lowest BCUT2D eigenvalue weighted by molar-refractivity contribution is 0.0692. The van der Waals surface area contributed by atoms with Crippen LogP contribution in [0.25, 0.3) is 0 Å². The van der Waals surface area contributed by atoms with Crippen LogP contribution in [0.1, 0.15) is 35.6 Å². The first kappa shape index (κ1) is 36.6. The molecule has 5 rings (SSSR count). The van der Waals surface area contributed by atoms with Gasteiger partial charge in [0.2, 0.25) is 34.8 Å². The van der Waals surface area contributed by atoms with E-state index in [0.717, 1.165) is 6.07 Å². The minimum absolute atomic E-state index is 0. The van der Waals surface area contributed by atoms with Gasteiger partial charge in [0.1, 0.15) is 25.4 Å². The third-order valence-electron chi connectivity index (χ3n) is 5.83. The first-order valence-electron chi connectivity index (χ1n) is 12.4. The maximum Gasteiger partial charge on any atom is 0.343 e. The van der Waals surface area contributed by atoms with E-state index in [1.807, 2.05) is 0 Å². The summed E-state index contributed by atoms with van der Waals surface area (Å²) >= 11 is 0. The van der Waals surface area contributed by atoms with Crippen LogP contribution in [-0.2, 0) is 9.47 Å². The van der Waals surface area contributed by atoms with E-state index in [4.69, 9.17) is 33.5 Å². The molecule has 0 aliphatic carbocycles. The van der Waals surface area contributed by atoms with Gasteiger partial charge in [-0.2, -0.15) is 8.78 Å². The van der Waals surface area contributed by atoms with Crippen LogP contribution in [0.3, 0.4) is 0 Å². The third kappa shape index (κ3) is 9.18. The van der Waals surface area contributed by atoms with Gasteiger partial charge in [-0.3, -0.25) is 0 Å². The Morgan fingerprint density at radius 1 is 0.711 bits per heavy atom. The molecule has 0 bridgehead atoms. The van der Waals surface area contributed by atoms with E-state index >= 15 is 0 Å². The maximum absolute atomic E-state index is 13.6. The van der Waals surface area contributed by atoms with Crippen LogP contribution in [0.2, 0.25) is 0 Å². The van der Waals surface area contributed by atoms with Gasteiger partial charge in [0.25, 0.3) is 0 Å². The zero-order valence-corrected chi connectivity index (χ0v) is 22.5. The molecular formula is C30H31F5O10. The van der Waals surface area contributed by atoms with Gasteiger partial charge in [0, 0.05) is 0 Å². The van der Waals surface area contributed by atoms with Crippen molar-refractivity contribution in [3.05, 3.63) is 76.6 Å². The average Bonchev–Trinajstić information content (AvgIpc) is 3.95. The summed E-state index contributed by atoms with van der Waals surface area (Å²) in [6.45, 7) is 1.80. The zero-order chi connectivity index (χ0) is 31.3. The van der Waals surface area contributed by atoms with E-state index < -0.39 is 46.8 Å². The Morgan fingerprint density at radius 2 is 1.11 bits per heavy atom. The lowest BCUT2D eigenvalue weighted by Gasteiger charge is -2.12. The summed E-state index contributed by atoms with van der Waals surface area (Å²) in [7, 11) is 2.86. The largest absolute Gasteiger partial charge is 0.493 e. The number of carbonyl (C=O) groups excluding carboxylic acids is 1. The summed E-state index contributed by atoms with van der Waals surface area (Å²) in [6.07, 6.45) is 0.0249. The number of carboxylic acid groups (broad SMARTS) is 1. The highest BCUT2D eigenvalue weighted by Gasteiger charge is 2.29. The number of carboxylic acids is 1. The van der Waals surface area contributed by atoms with Crippen molar-refractivity contribution in [1.29, 1.82) is 0 Å². The number of halogens is 5. The highest BCUT2D eigenvalue weighted by molar-refractivity contribution is 5.92.